The first-order valence-corrected chi connectivity index (χ1v) is 10.2. The van der Waals surface area contributed by atoms with Crippen LogP contribution in [-0.2, 0) is 11.2 Å². The molecule has 1 saturated carbocycles. The number of ether oxygens (including phenoxy) is 1. The van der Waals surface area contributed by atoms with E-state index in [1.54, 1.807) is 17.7 Å². The lowest BCUT2D eigenvalue weighted by molar-refractivity contribution is -0.118. The van der Waals surface area contributed by atoms with E-state index in [4.69, 9.17) is 10.5 Å². The molecule has 2 aliphatic rings. The molecular weight excluding hydrogens is 348 g/mol. The van der Waals surface area contributed by atoms with Crippen LogP contribution in [0.15, 0.2) is 6.33 Å². The summed E-state index contributed by atoms with van der Waals surface area (Å²) >= 11 is 1.71. The number of primary amides is 1. The van der Waals surface area contributed by atoms with Gasteiger partial charge in [-0.25, -0.2) is 9.97 Å². The molecule has 0 saturated heterocycles. The Kier molecular flexibility index (Phi) is 4.84. The zero-order valence-electron chi connectivity index (χ0n) is 15.4. The number of carbonyl (C=O) groups excluding carboxylic acids is 1. The van der Waals surface area contributed by atoms with Gasteiger partial charge in [-0.3, -0.25) is 4.79 Å². The number of nitrogens with two attached hydrogens (primary N) is 1. The fourth-order valence-electron chi connectivity index (χ4n) is 4.41. The summed E-state index contributed by atoms with van der Waals surface area (Å²) in [6.45, 7) is 0. The average Bonchev–Trinajstić information content (AvgIpc) is 3.15. The number of amides is 1. The number of fused-ring (bicyclic) bond motifs is 3. The van der Waals surface area contributed by atoms with Gasteiger partial charge in [0.1, 0.15) is 17.3 Å². The minimum absolute atomic E-state index is 0.175. The first-order valence-electron chi connectivity index (χ1n) is 9.40. The van der Waals surface area contributed by atoms with Gasteiger partial charge in [-0.1, -0.05) is 0 Å². The minimum atomic E-state index is -0.247. The third kappa shape index (κ3) is 3.30. The maximum absolute atomic E-state index is 11.5. The Morgan fingerprint density at radius 1 is 1.27 bits per heavy atom. The predicted octanol–water partition coefficient (Wildman–Crippen LogP) is 2.85. The molecule has 2 aromatic rings. The van der Waals surface area contributed by atoms with Gasteiger partial charge in [0.05, 0.1) is 5.39 Å². The molecule has 1 amide bonds. The van der Waals surface area contributed by atoms with Crippen LogP contribution >= 0.6 is 11.3 Å². The summed E-state index contributed by atoms with van der Waals surface area (Å²) in [6, 6.07) is 0.644. The number of hydrogen-bond donors (Lipinski definition) is 1. The lowest BCUT2D eigenvalue weighted by atomic mass is 9.92. The molecule has 6 nitrogen and oxygen atoms in total. The Morgan fingerprint density at radius 3 is 2.73 bits per heavy atom. The molecule has 2 aromatic heterocycles. The minimum Gasteiger partial charge on any atom is -0.474 e. The number of aryl methyl sites for hydroxylation is 1. The van der Waals surface area contributed by atoms with Gasteiger partial charge in [0.25, 0.3) is 0 Å². The number of rotatable bonds is 5. The van der Waals surface area contributed by atoms with Crippen LogP contribution in [0.5, 0.6) is 5.88 Å². The van der Waals surface area contributed by atoms with Crippen LogP contribution in [0.25, 0.3) is 10.2 Å². The molecular formula is C19H26N4O2S. The summed E-state index contributed by atoms with van der Waals surface area (Å²) in [5, 5.41) is 1.02. The largest absolute Gasteiger partial charge is 0.474 e. The Hall–Kier alpha value is -1.73. The molecule has 2 aliphatic carbocycles. The van der Waals surface area contributed by atoms with Crippen molar-refractivity contribution in [3.63, 3.8) is 0 Å². The maximum atomic E-state index is 11.5. The summed E-state index contributed by atoms with van der Waals surface area (Å²) in [6.07, 6.45) is 8.55. The van der Waals surface area contributed by atoms with Gasteiger partial charge in [0.2, 0.25) is 11.8 Å². The van der Waals surface area contributed by atoms with Gasteiger partial charge in [-0.2, -0.15) is 0 Å². The highest BCUT2D eigenvalue weighted by atomic mass is 32.1. The first kappa shape index (κ1) is 17.7. The molecule has 0 aromatic carbocycles. The van der Waals surface area contributed by atoms with Crippen molar-refractivity contribution in [2.24, 2.45) is 5.73 Å². The molecule has 4 rings (SSSR count). The van der Waals surface area contributed by atoms with Crippen molar-refractivity contribution in [3.8, 4) is 5.88 Å². The highest BCUT2D eigenvalue weighted by Gasteiger charge is 2.32. The van der Waals surface area contributed by atoms with E-state index in [1.165, 1.54) is 10.4 Å². The van der Waals surface area contributed by atoms with Crippen LogP contribution in [0.4, 0.5) is 0 Å². The lowest BCUT2D eigenvalue weighted by Gasteiger charge is -2.32. The lowest BCUT2D eigenvalue weighted by Crippen LogP contribution is -2.35. The number of nitrogens with zero attached hydrogens (tertiary/aromatic N) is 3. The first-order chi connectivity index (χ1) is 12.5. The monoisotopic (exact) mass is 374 g/mol. The van der Waals surface area contributed by atoms with E-state index in [0.717, 1.165) is 48.7 Å². The third-order valence-corrected chi connectivity index (χ3v) is 6.97. The van der Waals surface area contributed by atoms with Gasteiger partial charge in [0.15, 0.2) is 0 Å². The van der Waals surface area contributed by atoms with Gasteiger partial charge in [0, 0.05) is 17.3 Å². The molecule has 0 spiro atoms. The Bertz CT molecular complexity index is 811. The van der Waals surface area contributed by atoms with Gasteiger partial charge in [-0.05, 0) is 64.1 Å². The van der Waals surface area contributed by atoms with Crippen molar-refractivity contribution < 1.29 is 9.53 Å². The zero-order chi connectivity index (χ0) is 18.3. The predicted molar refractivity (Wildman–Crippen MR) is 103 cm³/mol. The molecule has 7 heteroatoms. The average molecular weight is 375 g/mol. The summed E-state index contributed by atoms with van der Waals surface area (Å²) in [5.41, 5.74) is 6.67. The van der Waals surface area contributed by atoms with Crippen LogP contribution in [0.3, 0.4) is 0 Å². The second-order valence-electron chi connectivity index (χ2n) is 7.72. The second-order valence-corrected chi connectivity index (χ2v) is 8.80. The van der Waals surface area contributed by atoms with E-state index in [1.807, 2.05) is 0 Å². The molecule has 0 bridgehead atoms. The van der Waals surface area contributed by atoms with Gasteiger partial charge in [-0.15, -0.1) is 11.3 Å². The van der Waals surface area contributed by atoms with Crippen LogP contribution in [0, 0.1) is 0 Å². The molecule has 1 atom stereocenters. The zero-order valence-corrected chi connectivity index (χ0v) is 16.2. The normalized spacial score (nSPS) is 25.6. The molecule has 2 heterocycles. The fraction of sp³-hybridized carbons (Fsp3) is 0.632. The van der Waals surface area contributed by atoms with Crippen molar-refractivity contribution in [1.82, 2.24) is 14.9 Å². The Balaban J connectivity index is 1.59. The fourth-order valence-corrected chi connectivity index (χ4v) is 5.65. The SMILES string of the molecule is CN(C)C1CCC(Oc2ncnc3sc4c(c23)C(CC(N)=O)CC4)CC1. The van der Waals surface area contributed by atoms with Crippen LogP contribution < -0.4 is 10.5 Å². The summed E-state index contributed by atoms with van der Waals surface area (Å²) in [4.78, 5) is 25.0. The van der Waals surface area contributed by atoms with Crippen LogP contribution in [0.2, 0.25) is 0 Å². The third-order valence-electron chi connectivity index (χ3n) is 5.80. The summed E-state index contributed by atoms with van der Waals surface area (Å²) in [7, 11) is 4.29. The standard InChI is InChI=1S/C19H26N4O2S/c1-23(2)12-4-6-13(7-5-12)25-18-17-16-11(9-15(20)24)3-8-14(16)26-19(17)22-10-21-18/h10-13H,3-9H2,1-2H3,(H2,20,24). The highest BCUT2D eigenvalue weighted by Crippen LogP contribution is 2.47. The van der Waals surface area contributed by atoms with E-state index >= 15 is 0 Å². The van der Waals surface area contributed by atoms with Crippen LogP contribution in [0.1, 0.15) is 54.9 Å². The number of hydrogen-bond acceptors (Lipinski definition) is 6. The Labute approximate surface area is 157 Å². The maximum Gasteiger partial charge on any atom is 0.225 e. The van der Waals surface area contributed by atoms with E-state index in [2.05, 4.69) is 29.0 Å². The van der Waals surface area contributed by atoms with Crippen molar-refractivity contribution in [2.75, 3.05) is 14.1 Å². The number of carbonyl (C=O) groups is 1. The van der Waals surface area contributed by atoms with E-state index in [0.29, 0.717) is 18.3 Å². The molecule has 140 valence electrons. The quantitative estimate of drug-likeness (QED) is 0.870. The van der Waals surface area contributed by atoms with Gasteiger partial charge >= 0.3 is 0 Å². The number of thiophene rings is 1. The van der Waals surface area contributed by atoms with Gasteiger partial charge < -0.3 is 15.4 Å². The summed E-state index contributed by atoms with van der Waals surface area (Å²) < 4.78 is 6.35. The Morgan fingerprint density at radius 2 is 2.04 bits per heavy atom. The smallest absolute Gasteiger partial charge is 0.225 e. The molecule has 0 aliphatic heterocycles. The summed E-state index contributed by atoms with van der Waals surface area (Å²) in [5.74, 6) is 0.620. The second kappa shape index (κ2) is 7.12. The molecule has 1 unspecified atom stereocenters. The number of aromatic nitrogens is 2. The molecule has 2 N–H and O–H groups in total. The molecule has 0 radical (unpaired) electrons. The molecule has 1 fully saturated rings. The van der Waals surface area contributed by atoms with Crippen molar-refractivity contribution in [3.05, 3.63) is 16.8 Å². The highest BCUT2D eigenvalue weighted by molar-refractivity contribution is 7.19. The van der Waals surface area contributed by atoms with Crippen molar-refractivity contribution in [1.29, 1.82) is 0 Å². The topological polar surface area (TPSA) is 81.3 Å². The van der Waals surface area contributed by atoms with E-state index in [-0.39, 0.29) is 17.9 Å². The van der Waals surface area contributed by atoms with Crippen molar-refractivity contribution in [2.45, 2.75) is 63.0 Å². The molecule has 26 heavy (non-hydrogen) atoms. The van der Waals surface area contributed by atoms with Crippen LogP contribution in [-0.4, -0.2) is 47.0 Å². The van der Waals surface area contributed by atoms with Crippen molar-refractivity contribution >= 4 is 27.5 Å². The van der Waals surface area contributed by atoms with E-state index < -0.39 is 0 Å². The van der Waals surface area contributed by atoms with E-state index in [9.17, 15) is 4.79 Å².